The van der Waals surface area contributed by atoms with E-state index in [2.05, 4.69) is 0 Å². The van der Waals surface area contributed by atoms with Gasteiger partial charge in [-0.05, 0) is 72.0 Å². The SMILES string of the molecule is CN1C(=O)N(c2ccccc2)[C@H](c2ccc(-c3ccc(P(=O)(O)O)cc3)cc2O)[C@@H]1CCC(O)c1ccc(F)cc1. The van der Waals surface area contributed by atoms with Crippen molar-refractivity contribution >= 4 is 24.6 Å². The molecule has 4 aromatic rings. The second kappa shape index (κ2) is 11.5. The third-order valence-electron chi connectivity index (χ3n) is 7.56. The van der Waals surface area contributed by atoms with E-state index in [1.54, 1.807) is 47.2 Å². The monoisotopic (exact) mass is 576 g/mol. The summed E-state index contributed by atoms with van der Waals surface area (Å²) in [5, 5.41) is 22.0. The number of nitrogens with zero attached hydrogens (tertiary/aromatic N) is 2. The Morgan fingerprint density at radius 2 is 1.54 bits per heavy atom. The Hall–Kier alpha value is -4.01. The summed E-state index contributed by atoms with van der Waals surface area (Å²) in [6, 6.07) is 24.5. The number of likely N-dealkylation sites (N-methyl/N-ethyl adjacent to an activating group) is 1. The molecule has 4 N–H and O–H groups in total. The van der Waals surface area contributed by atoms with Crippen LogP contribution in [0, 0.1) is 5.82 Å². The van der Waals surface area contributed by atoms with Gasteiger partial charge in [-0.15, -0.1) is 0 Å². The van der Waals surface area contributed by atoms with Crippen LogP contribution in [0.1, 0.15) is 36.1 Å². The molecule has 0 aliphatic carbocycles. The van der Waals surface area contributed by atoms with Crippen molar-refractivity contribution in [3.8, 4) is 16.9 Å². The lowest BCUT2D eigenvalue weighted by atomic mass is 9.91. The van der Waals surface area contributed by atoms with Crippen molar-refractivity contribution in [2.45, 2.75) is 31.0 Å². The van der Waals surface area contributed by atoms with Gasteiger partial charge in [0, 0.05) is 18.3 Å². The molecule has 212 valence electrons. The number of hydrogen-bond acceptors (Lipinski definition) is 4. The molecule has 0 bridgehead atoms. The fourth-order valence-corrected chi connectivity index (χ4v) is 5.91. The summed E-state index contributed by atoms with van der Waals surface area (Å²) in [6.45, 7) is 0. The van der Waals surface area contributed by atoms with Crippen LogP contribution in [-0.2, 0) is 4.57 Å². The topological polar surface area (TPSA) is 122 Å². The number of hydrogen-bond donors (Lipinski definition) is 4. The molecular formula is C31H30FN2O6P. The first kappa shape index (κ1) is 28.5. The number of phenolic OH excluding ortho intramolecular Hbond substituents is 1. The van der Waals surface area contributed by atoms with Crippen molar-refractivity contribution in [1.82, 2.24) is 4.90 Å². The van der Waals surface area contributed by atoms with Gasteiger partial charge in [-0.2, -0.15) is 0 Å². The van der Waals surface area contributed by atoms with E-state index in [1.165, 1.54) is 36.4 Å². The Balaban J connectivity index is 1.48. The lowest BCUT2D eigenvalue weighted by Gasteiger charge is -2.29. The minimum absolute atomic E-state index is 0.0420. The van der Waals surface area contributed by atoms with Crippen molar-refractivity contribution in [3.05, 3.63) is 114 Å². The molecule has 0 radical (unpaired) electrons. The van der Waals surface area contributed by atoms with Crippen molar-refractivity contribution in [2.75, 3.05) is 11.9 Å². The van der Waals surface area contributed by atoms with Gasteiger partial charge in [0.1, 0.15) is 11.6 Å². The second-order valence-electron chi connectivity index (χ2n) is 10.1. The number of halogens is 1. The Kier molecular flexibility index (Phi) is 7.98. The molecule has 0 aromatic heterocycles. The molecule has 2 amide bonds. The van der Waals surface area contributed by atoms with Crippen LogP contribution in [-0.4, -0.2) is 44.0 Å². The number of benzene rings is 4. The number of urea groups is 1. The Morgan fingerprint density at radius 3 is 2.15 bits per heavy atom. The number of anilines is 1. The maximum atomic E-state index is 13.6. The number of rotatable bonds is 8. The third kappa shape index (κ3) is 5.89. The molecule has 10 heteroatoms. The van der Waals surface area contributed by atoms with Gasteiger partial charge >= 0.3 is 13.6 Å². The highest BCUT2D eigenvalue weighted by Gasteiger charge is 2.46. The molecule has 1 aliphatic rings. The molecule has 41 heavy (non-hydrogen) atoms. The zero-order valence-electron chi connectivity index (χ0n) is 22.2. The van der Waals surface area contributed by atoms with E-state index in [9.17, 15) is 33.7 Å². The number of amides is 2. The summed E-state index contributed by atoms with van der Waals surface area (Å²) in [5.74, 6) is -0.433. The van der Waals surface area contributed by atoms with E-state index in [0.717, 1.165) is 0 Å². The van der Waals surface area contributed by atoms with Gasteiger partial charge in [0.15, 0.2) is 0 Å². The predicted octanol–water partition coefficient (Wildman–Crippen LogP) is 5.50. The second-order valence-corrected chi connectivity index (χ2v) is 11.7. The lowest BCUT2D eigenvalue weighted by Crippen LogP contribution is -2.31. The Morgan fingerprint density at radius 1 is 0.902 bits per heavy atom. The number of aliphatic hydroxyl groups is 1. The van der Waals surface area contributed by atoms with Gasteiger partial charge in [0.05, 0.1) is 23.5 Å². The van der Waals surface area contributed by atoms with Crippen LogP contribution in [0.5, 0.6) is 5.75 Å². The molecule has 0 saturated carbocycles. The molecule has 4 aromatic carbocycles. The minimum atomic E-state index is -4.38. The number of aliphatic hydroxyl groups excluding tert-OH is 1. The molecule has 1 saturated heterocycles. The largest absolute Gasteiger partial charge is 0.508 e. The molecule has 3 atom stereocenters. The first-order valence-electron chi connectivity index (χ1n) is 13.1. The first-order valence-corrected chi connectivity index (χ1v) is 14.7. The van der Waals surface area contributed by atoms with E-state index in [1.807, 2.05) is 30.3 Å². The number of carbonyl (C=O) groups is 1. The molecule has 0 spiro atoms. The maximum Gasteiger partial charge on any atom is 0.356 e. The highest BCUT2D eigenvalue weighted by Crippen LogP contribution is 2.44. The van der Waals surface area contributed by atoms with Gasteiger partial charge in [0.25, 0.3) is 0 Å². The molecule has 5 rings (SSSR count). The lowest BCUT2D eigenvalue weighted by molar-refractivity contribution is 0.148. The predicted molar refractivity (Wildman–Crippen MR) is 154 cm³/mol. The quantitative estimate of drug-likeness (QED) is 0.206. The van der Waals surface area contributed by atoms with Crippen LogP contribution >= 0.6 is 7.60 Å². The fraction of sp³-hybridized carbons (Fsp3) is 0.194. The van der Waals surface area contributed by atoms with E-state index < -0.39 is 31.6 Å². The number of carbonyl (C=O) groups excluding carboxylic acids is 1. The van der Waals surface area contributed by atoms with E-state index in [4.69, 9.17) is 0 Å². The number of aromatic hydroxyl groups is 1. The van der Waals surface area contributed by atoms with Gasteiger partial charge in [-0.1, -0.05) is 54.6 Å². The van der Waals surface area contributed by atoms with Gasteiger partial charge in [-0.25, -0.2) is 9.18 Å². The summed E-state index contributed by atoms with van der Waals surface area (Å²) in [7, 11) is -2.68. The zero-order chi connectivity index (χ0) is 29.3. The number of phenols is 1. The zero-order valence-corrected chi connectivity index (χ0v) is 23.1. The molecule has 1 unspecified atom stereocenters. The van der Waals surface area contributed by atoms with Crippen LogP contribution in [0.2, 0.25) is 0 Å². The standard InChI is InChI=1S/C31H30FN2O6P/c1-33-27(17-18-28(35)21-7-12-23(32)13-8-21)30(34(31(33)37)24-5-3-2-4-6-24)26-16-11-22(19-29(26)36)20-9-14-25(15-10-20)41(38,39)40/h2-16,19,27-28,30,35-36H,17-18H2,1H3,(H2,38,39,40)/t27-,28?,30+/m0/s1. The number of para-hydroxylation sites is 1. The van der Waals surface area contributed by atoms with E-state index in [-0.39, 0.29) is 17.1 Å². The normalized spacial score (nSPS) is 18.1. The maximum absolute atomic E-state index is 13.6. The summed E-state index contributed by atoms with van der Waals surface area (Å²) in [4.78, 5) is 35.6. The Labute approximate surface area is 237 Å². The van der Waals surface area contributed by atoms with Crippen LogP contribution in [0.25, 0.3) is 11.1 Å². The molecule has 8 nitrogen and oxygen atoms in total. The highest BCUT2D eigenvalue weighted by atomic mass is 31.2. The highest BCUT2D eigenvalue weighted by molar-refractivity contribution is 7.60. The summed E-state index contributed by atoms with van der Waals surface area (Å²) in [6.07, 6.45) is -0.157. The third-order valence-corrected chi connectivity index (χ3v) is 8.53. The van der Waals surface area contributed by atoms with Crippen molar-refractivity contribution < 1.29 is 33.7 Å². The first-order chi connectivity index (χ1) is 19.5. The fourth-order valence-electron chi connectivity index (χ4n) is 5.37. The average Bonchev–Trinajstić information content (AvgIpc) is 3.21. The van der Waals surface area contributed by atoms with Crippen molar-refractivity contribution in [3.63, 3.8) is 0 Å². The summed E-state index contributed by atoms with van der Waals surface area (Å²) < 4.78 is 24.9. The Bertz CT molecular complexity index is 1580. The molecular weight excluding hydrogens is 546 g/mol. The smallest absolute Gasteiger partial charge is 0.356 e. The molecule has 1 aliphatic heterocycles. The van der Waals surface area contributed by atoms with Gasteiger partial charge < -0.3 is 24.9 Å². The summed E-state index contributed by atoms with van der Waals surface area (Å²) >= 11 is 0. The van der Waals surface area contributed by atoms with Crippen molar-refractivity contribution in [2.24, 2.45) is 0 Å². The summed E-state index contributed by atoms with van der Waals surface area (Å²) in [5.41, 5.74) is 3.04. The van der Waals surface area contributed by atoms with Crippen LogP contribution in [0.3, 0.4) is 0 Å². The van der Waals surface area contributed by atoms with E-state index in [0.29, 0.717) is 40.8 Å². The molecule has 1 heterocycles. The van der Waals surface area contributed by atoms with Crippen LogP contribution in [0.15, 0.2) is 97.1 Å². The van der Waals surface area contributed by atoms with Crippen LogP contribution < -0.4 is 10.2 Å². The molecule has 1 fully saturated rings. The average molecular weight is 577 g/mol. The van der Waals surface area contributed by atoms with Crippen LogP contribution in [0.4, 0.5) is 14.9 Å². The van der Waals surface area contributed by atoms with Gasteiger partial charge in [-0.3, -0.25) is 9.46 Å². The van der Waals surface area contributed by atoms with Crippen molar-refractivity contribution in [1.29, 1.82) is 0 Å². The minimum Gasteiger partial charge on any atom is -0.508 e. The van der Waals surface area contributed by atoms with Gasteiger partial charge in [0.2, 0.25) is 0 Å². The van der Waals surface area contributed by atoms with E-state index >= 15 is 0 Å².